The van der Waals surface area contributed by atoms with Crippen LogP contribution in [0.1, 0.15) is 33.2 Å². The van der Waals surface area contributed by atoms with Crippen LogP contribution in [0.3, 0.4) is 0 Å². The van der Waals surface area contributed by atoms with Crippen LogP contribution in [0.5, 0.6) is 5.75 Å². The molecule has 1 aliphatic rings. The van der Waals surface area contributed by atoms with E-state index in [9.17, 15) is 14.4 Å². The predicted molar refractivity (Wildman–Crippen MR) is 132 cm³/mol. The number of hydrogen-bond donors (Lipinski definition) is 0. The van der Waals surface area contributed by atoms with Crippen molar-refractivity contribution in [1.29, 1.82) is 0 Å². The number of ketones is 2. The Labute approximate surface area is 203 Å². The van der Waals surface area contributed by atoms with Gasteiger partial charge in [0.1, 0.15) is 5.75 Å². The minimum Gasteiger partial charge on any atom is -0.484 e. The number of Topliss-reactive ketones (excluding diaryl/α,β-unsaturated/α-hetero) is 1. The van der Waals surface area contributed by atoms with E-state index in [-0.39, 0.29) is 24.1 Å². The summed E-state index contributed by atoms with van der Waals surface area (Å²) >= 11 is 5.88. The van der Waals surface area contributed by atoms with E-state index in [1.165, 1.54) is 0 Å². The van der Waals surface area contributed by atoms with Crippen LogP contribution < -0.4 is 9.64 Å². The van der Waals surface area contributed by atoms with Gasteiger partial charge in [-0.25, -0.2) is 0 Å². The predicted octanol–water partition coefficient (Wildman–Crippen LogP) is 4.50. The molecule has 1 amide bonds. The number of carbonyl (C=O) groups is 3. The van der Waals surface area contributed by atoms with Gasteiger partial charge < -0.3 is 14.5 Å². The van der Waals surface area contributed by atoms with E-state index in [2.05, 4.69) is 4.90 Å². The molecular formula is C27H25ClN2O4. The molecule has 7 heteroatoms. The van der Waals surface area contributed by atoms with Gasteiger partial charge in [-0.15, -0.1) is 0 Å². The highest BCUT2D eigenvalue weighted by molar-refractivity contribution is 6.30. The molecule has 1 heterocycles. The first-order chi connectivity index (χ1) is 16.4. The molecule has 1 aliphatic heterocycles. The van der Waals surface area contributed by atoms with Gasteiger partial charge in [0.15, 0.2) is 18.2 Å². The third-order valence-corrected chi connectivity index (χ3v) is 6.11. The van der Waals surface area contributed by atoms with E-state index >= 15 is 0 Å². The van der Waals surface area contributed by atoms with Crippen molar-refractivity contribution in [2.45, 2.75) is 6.92 Å². The lowest BCUT2D eigenvalue weighted by Gasteiger charge is -2.36. The average molecular weight is 477 g/mol. The van der Waals surface area contributed by atoms with Crippen LogP contribution in [-0.2, 0) is 4.79 Å². The number of anilines is 1. The van der Waals surface area contributed by atoms with Crippen LogP contribution in [0.2, 0.25) is 5.02 Å². The maximum absolute atomic E-state index is 12.6. The van der Waals surface area contributed by atoms with Crippen molar-refractivity contribution in [2.75, 3.05) is 37.7 Å². The number of carbonyl (C=O) groups excluding carboxylic acids is 3. The van der Waals surface area contributed by atoms with Crippen molar-refractivity contribution < 1.29 is 19.1 Å². The lowest BCUT2D eigenvalue weighted by atomic mass is 10.0. The Bertz CT molecular complexity index is 1170. The molecular weight excluding hydrogens is 452 g/mol. The van der Waals surface area contributed by atoms with Crippen molar-refractivity contribution >= 4 is 34.8 Å². The molecule has 0 saturated carbocycles. The normalized spacial score (nSPS) is 13.5. The Kier molecular flexibility index (Phi) is 7.28. The molecule has 1 saturated heterocycles. The summed E-state index contributed by atoms with van der Waals surface area (Å²) in [5.74, 6) is 0.399. The summed E-state index contributed by atoms with van der Waals surface area (Å²) in [5, 5.41) is 0.578. The first kappa shape index (κ1) is 23.5. The second-order valence-electron chi connectivity index (χ2n) is 8.12. The fourth-order valence-electron chi connectivity index (χ4n) is 3.83. The Morgan fingerprint density at radius 3 is 1.85 bits per heavy atom. The zero-order chi connectivity index (χ0) is 24.1. The second kappa shape index (κ2) is 10.5. The summed E-state index contributed by atoms with van der Waals surface area (Å²) < 4.78 is 5.66. The molecule has 174 valence electrons. The number of nitrogens with zero attached hydrogens (tertiary/aromatic N) is 2. The molecule has 3 aromatic rings. The molecule has 0 spiro atoms. The Hall–Kier alpha value is -3.64. The highest BCUT2D eigenvalue weighted by atomic mass is 35.5. The molecule has 0 atom stereocenters. The number of amides is 1. The molecule has 0 radical (unpaired) electrons. The number of halogens is 1. The van der Waals surface area contributed by atoms with E-state index in [0.717, 1.165) is 5.69 Å². The molecule has 1 fully saturated rings. The maximum atomic E-state index is 12.6. The molecule has 34 heavy (non-hydrogen) atoms. The van der Waals surface area contributed by atoms with Crippen molar-refractivity contribution in [1.82, 2.24) is 4.90 Å². The third-order valence-electron chi connectivity index (χ3n) is 5.86. The van der Waals surface area contributed by atoms with Gasteiger partial charge in [-0.1, -0.05) is 11.6 Å². The minimum absolute atomic E-state index is 0.0461. The molecule has 0 bridgehead atoms. The van der Waals surface area contributed by atoms with E-state index in [0.29, 0.717) is 53.6 Å². The zero-order valence-corrected chi connectivity index (χ0v) is 19.6. The zero-order valence-electron chi connectivity index (χ0n) is 18.9. The second-order valence-corrected chi connectivity index (χ2v) is 8.56. The van der Waals surface area contributed by atoms with Crippen LogP contribution in [0, 0.1) is 0 Å². The molecule has 0 aromatic heterocycles. The lowest BCUT2D eigenvalue weighted by Crippen LogP contribution is -2.50. The minimum atomic E-state index is -0.104. The van der Waals surface area contributed by atoms with E-state index < -0.39 is 0 Å². The number of rotatable bonds is 7. The van der Waals surface area contributed by atoms with Crippen LogP contribution in [0.15, 0.2) is 72.8 Å². The quantitative estimate of drug-likeness (QED) is 0.470. The van der Waals surface area contributed by atoms with E-state index in [1.54, 1.807) is 60.4 Å². The Morgan fingerprint density at radius 2 is 1.29 bits per heavy atom. The molecule has 6 nitrogen and oxygen atoms in total. The van der Waals surface area contributed by atoms with Gasteiger partial charge >= 0.3 is 0 Å². The smallest absolute Gasteiger partial charge is 0.260 e. The summed E-state index contributed by atoms with van der Waals surface area (Å²) in [5.41, 5.74) is 2.83. The van der Waals surface area contributed by atoms with Gasteiger partial charge in [0, 0.05) is 53.6 Å². The average Bonchev–Trinajstić information content (AvgIpc) is 2.88. The van der Waals surface area contributed by atoms with Gasteiger partial charge in [0.2, 0.25) is 0 Å². The van der Waals surface area contributed by atoms with Crippen molar-refractivity contribution in [3.63, 3.8) is 0 Å². The molecule has 3 aromatic carbocycles. The first-order valence-corrected chi connectivity index (χ1v) is 11.5. The first-order valence-electron chi connectivity index (χ1n) is 11.1. The van der Waals surface area contributed by atoms with Gasteiger partial charge in [-0.3, -0.25) is 14.4 Å². The SMILES string of the molecule is CC(=O)c1ccc(N2CCN(C(=O)COc3ccc(C(=O)c4ccc(Cl)cc4)cc3)CC2)cc1. The van der Waals surface area contributed by atoms with E-state index in [1.807, 2.05) is 24.3 Å². The van der Waals surface area contributed by atoms with Crippen molar-refractivity contribution in [2.24, 2.45) is 0 Å². The fourth-order valence-corrected chi connectivity index (χ4v) is 3.95. The standard InChI is InChI=1S/C27H25ClN2O4/c1-19(31)20-4-10-24(11-5-20)29-14-16-30(17-15-29)26(32)18-34-25-12-6-22(7-13-25)27(33)21-2-8-23(28)9-3-21/h2-13H,14-18H2,1H3. The van der Waals surface area contributed by atoms with Gasteiger partial charge in [0.25, 0.3) is 5.91 Å². The summed E-state index contributed by atoms with van der Waals surface area (Å²) in [6.45, 7) is 4.13. The van der Waals surface area contributed by atoms with Crippen molar-refractivity contribution in [3.8, 4) is 5.75 Å². The number of piperazine rings is 1. The summed E-state index contributed by atoms with van der Waals surface area (Å²) in [6.07, 6.45) is 0. The maximum Gasteiger partial charge on any atom is 0.260 e. The van der Waals surface area contributed by atoms with Crippen LogP contribution in [0.25, 0.3) is 0 Å². The number of hydrogen-bond acceptors (Lipinski definition) is 5. The van der Waals surface area contributed by atoms with Gasteiger partial charge in [0.05, 0.1) is 0 Å². The number of ether oxygens (including phenoxy) is 1. The highest BCUT2D eigenvalue weighted by Gasteiger charge is 2.22. The monoisotopic (exact) mass is 476 g/mol. The molecule has 4 rings (SSSR count). The molecule has 0 N–H and O–H groups in total. The summed E-state index contributed by atoms with van der Waals surface area (Å²) in [6, 6.07) is 21.1. The van der Waals surface area contributed by atoms with Gasteiger partial charge in [-0.2, -0.15) is 0 Å². The van der Waals surface area contributed by atoms with Gasteiger partial charge in [-0.05, 0) is 79.7 Å². The largest absolute Gasteiger partial charge is 0.484 e. The van der Waals surface area contributed by atoms with E-state index in [4.69, 9.17) is 16.3 Å². The highest BCUT2D eigenvalue weighted by Crippen LogP contribution is 2.19. The molecule has 0 unspecified atom stereocenters. The van der Waals surface area contributed by atoms with Crippen LogP contribution >= 0.6 is 11.6 Å². The Balaban J connectivity index is 1.26. The van der Waals surface area contributed by atoms with Crippen molar-refractivity contribution in [3.05, 3.63) is 94.5 Å². The summed E-state index contributed by atoms with van der Waals surface area (Å²) in [4.78, 5) is 40.6. The fraction of sp³-hybridized carbons (Fsp3) is 0.222. The van der Waals surface area contributed by atoms with Crippen LogP contribution in [-0.4, -0.2) is 55.2 Å². The Morgan fingerprint density at radius 1 is 0.765 bits per heavy atom. The number of benzene rings is 3. The van der Waals surface area contributed by atoms with Crippen LogP contribution in [0.4, 0.5) is 5.69 Å². The molecule has 0 aliphatic carbocycles. The summed E-state index contributed by atoms with van der Waals surface area (Å²) in [7, 11) is 0. The third kappa shape index (κ3) is 5.64. The lowest BCUT2D eigenvalue weighted by molar-refractivity contribution is -0.133. The topological polar surface area (TPSA) is 66.9 Å².